The predicted molar refractivity (Wildman–Crippen MR) is 82.2 cm³/mol. The van der Waals surface area contributed by atoms with Crippen LogP contribution in [0, 0.1) is 27.7 Å². The molecule has 17 heavy (non-hydrogen) atoms. The molecule has 0 heterocycles. The van der Waals surface area contributed by atoms with Crippen molar-refractivity contribution in [3.63, 3.8) is 0 Å². The quantitative estimate of drug-likeness (QED) is 0.631. The Morgan fingerprint density at radius 2 is 0.529 bits per heavy atom. The predicted octanol–water partition coefficient (Wildman–Crippen LogP) is 4.72. The molecule has 0 saturated carbocycles. The first kappa shape index (κ1) is 15.8. The first-order chi connectivity index (χ1) is 7.58. The molecule has 0 nitrogen and oxygen atoms in total. The topological polar surface area (TPSA) is 0 Å². The molecular formula is C16H22S. The number of benzene rings is 2. The van der Waals surface area contributed by atoms with Gasteiger partial charge in [0.05, 0.1) is 0 Å². The van der Waals surface area contributed by atoms with Gasteiger partial charge in [0.25, 0.3) is 0 Å². The third-order valence-electron chi connectivity index (χ3n) is 2.44. The van der Waals surface area contributed by atoms with Crippen molar-refractivity contribution in [2.24, 2.45) is 0 Å². The summed E-state index contributed by atoms with van der Waals surface area (Å²) in [7, 11) is 0. The van der Waals surface area contributed by atoms with Crippen LogP contribution in [-0.2, 0) is 0 Å². The van der Waals surface area contributed by atoms with Gasteiger partial charge in [0.2, 0.25) is 0 Å². The number of aryl methyl sites for hydroxylation is 4. The molecule has 0 aliphatic heterocycles. The summed E-state index contributed by atoms with van der Waals surface area (Å²) in [6.45, 7) is 8.39. The van der Waals surface area contributed by atoms with E-state index in [1.165, 1.54) is 22.3 Å². The van der Waals surface area contributed by atoms with Crippen LogP contribution < -0.4 is 0 Å². The summed E-state index contributed by atoms with van der Waals surface area (Å²) in [6, 6.07) is 17.0. The van der Waals surface area contributed by atoms with Gasteiger partial charge >= 0.3 is 0 Å². The SMILES string of the molecule is Cc1ccc(C)cc1.Cc1ccc(C)cc1.S. The summed E-state index contributed by atoms with van der Waals surface area (Å²) < 4.78 is 0. The number of rotatable bonds is 0. The summed E-state index contributed by atoms with van der Waals surface area (Å²) in [5, 5.41) is 0. The molecule has 0 bridgehead atoms. The fraction of sp³-hybridized carbons (Fsp3) is 0.250. The summed E-state index contributed by atoms with van der Waals surface area (Å²) in [4.78, 5) is 0. The molecule has 0 radical (unpaired) electrons. The molecule has 1 heteroatoms. The van der Waals surface area contributed by atoms with Crippen molar-refractivity contribution in [2.75, 3.05) is 0 Å². The van der Waals surface area contributed by atoms with Crippen LogP contribution in [0.1, 0.15) is 22.3 Å². The average molecular weight is 246 g/mol. The molecule has 0 unspecified atom stereocenters. The van der Waals surface area contributed by atoms with Gasteiger partial charge in [-0.25, -0.2) is 0 Å². The molecule has 0 saturated heterocycles. The zero-order chi connectivity index (χ0) is 12.0. The van der Waals surface area contributed by atoms with E-state index in [-0.39, 0.29) is 13.5 Å². The van der Waals surface area contributed by atoms with E-state index in [0.29, 0.717) is 0 Å². The highest BCUT2D eigenvalue weighted by Gasteiger charge is 1.80. The third-order valence-corrected chi connectivity index (χ3v) is 2.44. The molecule has 2 aromatic rings. The van der Waals surface area contributed by atoms with Crippen molar-refractivity contribution in [3.8, 4) is 0 Å². The molecule has 2 rings (SSSR count). The minimum atomic E-state index is 0. The van der Waals surface area contributed by atoms with Crippen LogP contribution in [0.2, 0.25) is 0 Å². The summed E-state index contributed by atoms with van der Waals surface area (Å²) >= 11 is 0. The van der Waals surface area contributed by atoms with E-state index in [2.05, 4.69) is 76.2 Å². The fourth-order valence-electron chi connectivity index (χ4n) is 1.27. The van der Waals surface area contributed by atoms with Crippen LogP contribution in [0.4, 0.5) is 0 Å². The fourth-order valence-corrected chi connectivity index (χ4v) is 1.27. The highest BCUT2D eigenvalue weighted by molar-refractivity contribution is 7.59. The van der Waals surface area contributed by atoms with Gasteiger partial charge in [-0.1, -0.05) is 70.8 Å². The standard InChI is InChI=1S/2C8H10.H2S/c2*1-7-3-5-8(2)6-4-7;/h2*3-6H,1-2H3;1H2. The molecule has 0 fully saturated rings. The number of hydrogen-bond donors (Lipinski definition) is 0. The molecular weight excluding hydrogens is 224 g/mol. The van der Waals surface area contributed by atoms with Crippen molar-refractivity contribution in [1.29, 1.82) is 0 Å². The molecule has 0 atom stereocenters. The van der Waals surface area contributed by atoms with Gasteiger partial charge in [0.1, 0.15) is 0 Å². The maximum absolute atomic E-state index is 2.12. The van der Waals surface area contributed by atoms with Crippen LogP contribution in [-0.4, -0.2) is 0 Å². The lowest BCUT2D eigenvalue weighted by Gasteiger charge is -1.90. The lowest BCUT2D eigenvalue weighted by molar-refractivity contribution is 1.40. The molecule has 0 amide bonds. The van der Waals surface area contributed by atoms with E-state index >= 15 is 0 Å². The Morgan fingerprint density at radius 3 is 0.647 bits per heavy atom. The first-order valence-electron chi connectivity index (χ1n) is 5.64. The second-order valence-corrected chi connectivity index (χ2v) is 4.31. The minimum Gasteiger partial charge on any atom is -0.197 e. The lowest BCUT2D eigenvalue weighted by atomic mass is 10.2. The van der Waals surface area contributed by atoms with Crippen LogP contribution >= 0.6 is 13.5 Å². The van der Waals surface area contributed by atoms with E-state index in [9.17, 15) is 0 Å². The van der Waals surface area contributed by atoms with Crippen molar-refractivity contribution in [2.45, 2.75) is 27.7 Å². The average Bonchev–Trinajstić information content (AvgIpc) is 2.28. The van der Waals surface area contributed by atoms with Gasteiger partial charge in [-0.3, -0.25) is 0 Å². The highest BCUT2D eigenvalue weighted by atomic mass is 32.1. The maximum atomic E-state index is 2.12. The van der Waals surface area contributed by atoms with E-state index in [4.69, 9.17) is 0 Å². The van der Waals surface area contributed by atoms with Gasteiger partial charge in [0.15, 0.2) is 0 Å². The van der Waals surface area contributed by atoms with Crippen LogP contribution in [0.15, 0.2) is 48.5 Å². The Labute approximate surface area is 112 Å². The maximum Gasteiger partial charge on any atom is -0.0398 e. The second-order valence-electron chi connectivity index (χ2n) is 4.31. The zero-order valence-electron chi connectivity index (χ0n) is 11.1. The largest absolute Gasteiger partial charge is 0.197 e. The smallest absolute Gasteiger partial charge is 0.0398 e. The van der Waals surface area contributed by atoms with Crippen molar-refractivity contribution in [1.82, 2.24) is 0 Å². The van der Waals surface area contributed by atoms with Gasteiger partial charge in [-0.2, -0.15) is 13.5 Å². The van der Waals surface area contributed by atoms with Gasteiger partial charge in [-0.05, 0) is 27.7 Å². The Morgan fingerprint density at radius 1 is 0.412 bits per heavy atom. The van der Waals surface area contributed by atoms with Gasteiger partial charge in [-0.15, -0.1) is 0 Å². The molecule has 2 aromatic carbocycles. The molecule has 0 aliphatic carbocycles. The van der Waals surface area contributed by atoms with E-state index < -0.39 is 0 Å². The van der Waals surface area contributed by atoms with Crippen molar-refractivity contribution >= 4 is 13.5 Å². The van der Waals surface area contributed by atoms with Crippen LogP contribution in [0.5, 0.6) is 0 Å². The van der Waals surface area contributed by atoms with Crippen molar-refractivity contribution < 1.29 is 0 Å². The highest BCUT2D eigenvalue weighted by Crippen LogP contribution is 2.00. The molecule has 92 valence electrons. The van der Waals surface area contributed by atoms with E-state index in [0.717, 1.165) is 0 Å². The third kappa shape index (κ3) is 6.85. The lowest BCUT2D eigenvalue weighted by Crippen LogP contribution is -1.70. The van der Waals surface area contributed by atoms with E-state index in [1.807, 2.05) is 0 Å². The van der Waals surface area contributed by atoms with Gasteiger partial charge < -0.3 is 0 Å². The van der Waals surface area contributed by atoms with Gasteiger partial charge in [0, 0.05) is 0 Å². The monoisotopic (exact) mass is 246 g/mol. The summed E-state index contributed by atoms with van der Waals surface area (Å²) in [6.07, 6.45) is 0. The molecule has 0 N–H and O–H groups in total. The Kier molecular flexibility index (Phi) is 7.40. The number of hydrogen-bond acceptors (Lipinski definition) is 0. The molecule has 0 aromatic heterocycles. The van der Waals surface area contributed by atoms with Crippen LogP contribution in [0.25, 0.3) is 0 Å². The molecule has 0 aliphatic rings. The zero-order valence-corrected chi connectivity index (χ0v) is 12.1. The van der Waals surface area contributed by atoms with Crippen LogP contribution in [0.3, 0.4) is 0 Å². The minimum absolute atomic E-state index is 0. The Bertz CT molecular complexity index is 327. The summed E-state index contributed by atoms with van der Waals surface area (Å²) in [5.74, 6) is 0. The second kappa shape index (κ2) is 7.97. The molecule has 0 spiro atoms. The Balaban J connectivity index is 0.000000284. The summed E-state index contributed by atoms with van der Waals surface area (Å²) in [5.41, 5.74) is 5.32. The first-order valence-corrected chi connectivity index (χ1v) is 5.64. The van der Waals surface area contributed by atoms with Crippen molar-refractivity contribution in [3.05, 3.63) is 70.8 Å². The Hall–Kier alpha value is -1.21. The normalized spacial score (nSPS) is 8.71. The van der Waals surface area contributed by atoms with E-state index in [1.54, 1.807) is 0 Å².